The normalized spacial score (nSPS) is 14.6. The molecular formula is C31H58O10P2. The van der Waals surface area contributed by atoms with Crippen LogP contribution in [0.4, 0.5) is 0 Å². The van der Waals surface area contributed by atoms with E-state index in [1.54, 1.807) is 27.7 Å². The largest absolute Gasteiger partial charge is 0.379 e. The fourth-order valence-electron chi connectivity index (χ4n) is 4.44. The molecule has 0 aromatic heterocycles. The number of rotatable bonds is 29. The van der Waals surface area contributed by atoms with E-state index in [-0.39, 0.29) is 52.0 Å². The SMILES string of the molecule is CCOP(=O)(CCOCC(COCCOCCC(CC(C)CC)c1ccccc1)OCCP(=O)(OCC)OCC)OCC. The molecule has 12 heteroatoms. The van der Waals surface area contributed by atoms with Crippen molar-refractivity contribution >= 4 is 15.2 Å². The zero-order valence-electron chi connectivity index (χ0n) is 27.4. The van der Waals surface area contributed by atoms with Crippen molar-refractivity contribution in [2.75, 3.05) is 85.0 Å². The molecule has 1 aromatic carbocycles. The van der Waals surface area contributed by atoms with Gasteiger partial charge in [0.15, 0.2) is 0 Å². The van der Waals surface area contributed by atoms with Gasteiger partial charge in [-0.1, -0.05) is 50.6 Å². The third-order valence-electron chi connectivity index (χ3n) is 6.78. The van der Waals surface area contributed by atoms with Crippen molar-refractivity contribution in [2.45, 2.75) is 72.8 Å². The van der Waals surface area contributed by atoms with Crippen LogP contribution in [0.15, 0.2) is 30.3 Å². The molecular weight excluding hydrogens is 594 g/mol. The Morgan fingerprint density at radius 3 is 1.70 bits per heavy atom. The third kappa shape index (κ3) is 18.8. The van der Waals surface area contributed by atoms with Crippen LogP contribution in [-0.2, 0) is 46.2 Å². The van der Waals surface area contributed by atoms with Crippen molar-refractivity contribution in [1.29, 1.82) is 0 Å². The Bertz CT molecular complexity index is 869. The van der Waals surface area contributed by atoms with Crippen molar-refractivity contribution in [3.63, 3.8) is 0 Å². The Kier molecular flexibility index (Phi) is 23.1. The van der Waals surface area contributed by atoms with Gasteiger partial charge in [-0.15, -0.1) is 0 Å². The summed E-state index contributed by atoms with van der Waals surface area (Å²) in [5.41, 5.74) is 1.36. The summed E-state index contributed by atoms with van der Waals surface area (Å²) in [6, 6.07) is 10.6. The number of hydrogen-bond acceptors (Lipinski definition) is 10. The maximum absolute atomic E-state index is 12.8. The summed E-state index contributed by atoms with van der Waals surface area (Å²) in [7, 11) is -6.42. The first-order valence-corrected chi connectivity index (χ1v) is 19.4. The fourth-order valence-corrected chi connectivity index (χ4v) is 7.37. The van der Waals surface area contributed by atoms with Crippen molar-refractivity contribution in [2.24, 2.45) is 5.92 Å². The molecule has 0 amide bonds. The maximum Gasteiger partial charge on any atom is 0.332 e. The molecule has 0 aliphatic heterocycles. The van der Waals surface area contributed by atoms with E-state index in [1.165, 1.54) is 5.56 Å². The first-order valence-electron chi connectivity index (χ1n) is 15.9. The van der Waals surface area contributed by atoms with E-state index in [4.69, 9.17) is 37.0 Å². The maximum atomic E-state index is 12.8. The molecule has 0 heterocycles. The van der Waals surface area contributed by atoms with Crippen molar-refractivity contribution in [1.82, 2.24) is 0 Å². The summed E-state index contributed by atoms with van der Waals surface area (Å²) >= 11 is 0. The second kappa shape index (κ2) is 24.6. The minimum absolute atomic E-state index is 0.122. The Balaban J connectivity index is 2.54. The van der Waals surface area contributed by atoms with Gasteiger partial charge in [-0.3, -0.25) is 9.13 Å². The van der Waals surface area contributed by atoms with E-state index in [9.17, 15) is 9.13 Å². The molecule has 3 atom stereocenters. The lowest BCUT2D eigenvalue weighted by Gasteiger charge is -2.22. The highest BCUT2D eigenvalue weighted by molar-refractivity contribution is 7.54. The van der Waals surface area contributed by atoms with Crippen LogP contribution in [0.2, 0.25) is 0 Å². The zero-order chi connectivity index (χ0) is 31.8. The quantitative estimate of drug-likeness (QED) is 0.0635. The van der Waals surface area contributed by atoms with Gasteiger partial charge >= 0.3 is 15.2 Å². The van der Waals surface area contributed by atoms with E-state index in [2.05, 4.69) is 44.2 Å². The molecule has 3 unspecified atom stereocenters. The number of benzene rings is 1. The molecule has 0 radical (unpaired) electrons. The molecule has 0 N–H and O–H groups in total. The molecule has 0 aliphatic rings. The van der Waals surface area contributed by atoms with Crippen LogP contribution in [0.1, 0.15) is 72.3 Å². The molecule has 10 nitrogen and oxygen atoms in total. The van der Waals surface area contributed by atoms with Gasteiger partial charge in [0.1, 0.15) is 6.10 Å². The highest BCUT2D eigenvalue weighted by Gasteiger charge is 2.25. The molecule has 43 heavy (non-hydrogen) atoms. The predicted molar refractivity (Wildman–Crippen MR) is 172 cm³/mol. The van der Waals surface area contributed by atoms with Crippen LogP contribution in [0.5, 0.6) is 0 Å². The fraction of sp³-hybridized carbons (Fsp3) is 0.806. The van der Waals surface area contributed by atoms with Crippen LogP contribution in [0, 0.1) is 5.92 Å². The lowest BCUT2D eigenvalue weighted by atomic mass is 9.86. The molecule has 0 saturated heterocycles. The van der Waals surface area contributed by atoms with Gasteiger partial charge in [0.25, 0.3) is 0 Å². The highest BCUT2D eigenvalue weighted by Crippen LogP contribution is 2.48. The van der Waals surface area contributed by atoms with E-state index in [0.717, 1.165) is 19.3 Å². The topological polar surface area (TPSA) is 108 Å². The van der Waals surface area contributed by atoms with Crippen molar-refractivity contribution in [3.8, 4) is 0 Å². The van der Waals surface area contributed by atoms with Gasteiger partial charge in [-0.05, 0) is 57.9 Å². The minimum atomic E-state index is -3.23. The predicted octanol–water partition coefficient (Wildman–Crippen LogP) is 7.56. The molecule has 252 valence electrons. The third-order valence-corrected chi connectivity index (χ3v) is 10.8. The zero-order valence-corrected chi connectivity index (χ0v) is 29.2. The second-order valence-electron chi connectivity index (χ2n) is 10.2. The average Bonchev–Trinajstić information content (AvgIpc) is 2.98. The Labute approximate surface area is 260 Å². The van der Waals surface area contributed by atoms with Crippen LogP contribution in [0.3, 0.4) is 0 Å². The number of ether oxygens (including phenoxy) is 4. The first-order chi connectivity index (χ1) is 20.7. The summed E-state index contributed by atoms with van der Waals surface area (Å²) < 4.78 is 70.4. The standard InChI is InChI=1S/C31H58O10P2/c1-7-28(6)25-30(29-15-13-12-14-16-29)17-18-34-19-20-35-26-31(37-22-24-43(33,40-10-4)41-11-5)27-36-21-23-42(32,38-8-2)39-9-3/h12-16,28,30-31H,7-11,17-27H2,1-6H3. The van der Waals surface area contributed by atoms with E-state index < -0.39 is 21.3 Å². The van der Waals surface area contributed by atoms with Gasteiger partial charge < -0.3 is 37.0 Å². The smallest absolute Gasteiger partial charge is 0.332 e. The minimum Gasteiger partial charge on any atom is -0.379 e. The lowest BCUT2D eigenvalue weighted by Crippen LogP contribution is -2.28. The summed E-state index contributed by atoms with van der Waals surface area (Å²) in [4.78, 5) is 0. The summed E-state index contributed by atoms with van der Waals surface area (Å²) in [5.74, 6) is 1.13. The summed E-state index contributed by atoms with van der Waals surface area (Å²) in [6.07, 6.45) is 3.09. The highest BCUT2D eigenvalue weighted by atomic mass is 31.2. The van der Waals surface area contributed by atoms with Gasteiger partial charge in [0.2, 0.25) is 0 Å². The Morgan fingerprint density at radius 2 is 1.16 bits per heavy atom. The van der Waals surface area contributed by atoms with E-state index in [0.29, 0.717) is 44.9 Å². The Morgan fingerprint density at radius 1 is 0.651 bits per heavy atom. The lowest BCUT2D eigenvalue weighted by molar-refractivity contribution is -0.0626. The number of hydrogen-bond donors (Lipinski definition) is 0. The van der Waals surface area contributed by atoms with Gasteiger partial charge in [0, 0.05) is 6.61 Å². The summed E-state index contributed by atoms with van der Waals surface area (Å²) in [5, 5.41) is 0. The second-order valence-corrected chi connectivity index (χ2v) is 14.6. The molecule has 0 fully saturated rings. The summed E-state index contributed by atoms with van der Waals surface area (Å²) in [6.45, 7) is 15.1. The molecule has 1 rings (SSSR count). The van der Waals surface area contributed by atoms with Crippen molar-refractivity contribution in [3.05, 3.63) is 35.9 Å². The van der Waals surface area contributed by atoms with Crippen LogP contribution < -0.4 is 0 Å². The molecule has 0 spiro atoms. The molecule has 0 saturated carbocycles. The van der Waals surface area contributed by atoms with E-state index >= 15 is 0 Å². The van der Waals surface area contributed by atoms with Gasteiger partial charge in [-0.25, -0.2) is 0 Å². The monoisotopic (exact) mass is 652 g/mol. The molecule has 0 bridgehead atoms. The van der Waals surface area contributed by atoms with Gasteiger partial charge in [0.05, 0.1) is 78.4 Å². The molecule has 1 aromatic rings. The van der Waals surface area contributed by atoms with Crippen LogP contribution >= 0.6 is 15.2 Å². The average molecular weight is 653 g/mol. The van der Waals surface area contributed by atoms with Gasteiger partial charge in [-0.2, -0.15) is 0 Å². The van der Waals surface area contributed by atoms with Crippen LogP contribution in [0.25, 0.3) is 0 Å². The Hall–Kier alpha value is -0.640. The van der Waals surface area contributed by atoms with Crippen molar-refractivity contribution < 1.29 is 46.2 Å². The van der Waals surface area contributed by atoms with E-state index in [1.807, 2.05) is 0 Å². The molecule has 0 aliphatic carbocycles. The van der Waals surface area contributed by atoms with Crippen LogP contribution in [-0.4, -0.2) is 91.1 Å². The first kappa shape index (κ1) is 40.4.